The Hall–Kier alpha value is -2.58. The highest BCUT2D eigenvalue weighted by atomic mass is 32.1. The van der Waals surface area contributed by atoms with Crippen LogP contribution in [0, 0.1) is 0 Å². The molecule has 7 nitrogen and oxygen atoms in total. The predicted octanol–water partition coefficient (Wildman–Crippen LogP) is 2.68. The highest BCUT2D eigenvalue weighted by Crippen LogP contribution is 2.26. The van der Waals surface area contributed by atoms with E-state index in [1.165, 1.54) is 0 Å². The van der Waals surface area contributed by atoms with Crippen molar-refractivity contribution in [3.8, 4) is 0 Å². The number of hydrogen-bond acceptors (Lipinski definition) is 7. The third kappa shape index (κ3) is 3.58. The van der Waals surface area contributed by atoms with Gasteiger partial charge in [0.2, 0.25) is 5.95 Å². The third-order valence-corrected chi connectivity index (χ3v) is 6.66. The third-order valence-electron chi connectivity index (χ3n) is 5.50. The van der Waals surface area contributed by atoms with Gasteiger partial charge in [0.25, 0.3) is 5.91 Å². The molecule has 1 saturated heterocycles. The molecule has 8 heteroatoms. The van der Waals surface area contributed by atoms with E-state index < -0.39 is 0 Å². The maximum atomic E-state index is 13.2. The minimum Gasteiger partial charge on any atom is -0.378 e. The summed E-state index contributed by atoms with van der Waals surface area (Å²) < 4.78 is 6.49. The lowest BCUT2D eigenvalue weighted by Crippen LogP contribution is -2.39. The van der Waals surface area contributed by atoms with Crippen LogP contribution in [0.25, 0.3) is 10.2 Å². The molecule has 2 aliphatic rings. The van der Waals surface area contributed by atoms with Crippen molar-refractivity contribution >= 4 is 33.4 Å². The van der Waals surface area contributed by atoms with Crippen molar-refractivity contribution < 1.29 is 9.53 Å². The lowest BCUT2D eigenvalue weighted by atomic mass is 10.1. The number of ether oxygens (including phenoxy) is 1. The van der Waals surface area contributed by atoms with Crippen molar-refractivity contribution in [2.45, 2.75) is 26.3 Å². The summed E-state index contributed by atoms with van der Waals surface area (Å²) in [6.07, 6.45) is 3.62. The number of fused-ring (bicyclic) bond motifs is 2. The number of carbonyl (C=O) groups is 1. The second-order valence-electron chi connectivity index (χ2n) is 7.36. The zero-order chi connectivity index (χ0) is 19.8. The van der Waals surface area contributed by atoms with Crippen molar-refractivity contribution in [3.05, 3.63) is 46.2 Å². The number of carbonyl (C=O) groups excluding carboxylic acids is 1. The number of anilines is 1. The minimum atomic E-state index is 0.0514. The SMILES string of the molecule is CCc1nc2ccc(C(=O)N3CCc4cnc(N5CCOCC5)nc4C3)cc2s1. The lowest BCUT2D eigenvalue weighted by molar-refractivity contribution is 0.0732. The second-order valence-corrected chi connectivity index (χ2v) is 8.48. The smallest absolute Gasteiger partial charge is 0.254 e. The Bertz CT molecular complexity index is 1060. The molecule has 0 spiro atoms. The molecule has 0 bridgehead atoms. The van der Waals surface area contributed by atoms with E-state index in [9.17, 15) is 4.79 Å². The van der Waals surface area contributed by atoms with Crippen LogP contribution in [-0.2, 0) is 24.1 Å². The Balaban J connectivity index is 1.37. The van der Waals surface area contributed by atoms with Gasteiger partial charge < -0.3 is 14.5 Å². The molecule has 4 heterocycles. The van der Waals surface area contributed by atoms with E-state index in [4.69, 9.17) is 9.72 Å². The van der Waals surface area contributed by atoms with Gasteiger partial charge in [-0.3, -0.25) is 4.79 Å². The largest absolute Gasteiger partial charge is 0.378 e. The fourth-order valence-corrected chi connectivity index (χ4v) is 4.77. The average molecular weight is 410 g/mol. The highest BCUT2D eigenvalue weighted by Gasteiger charge is 2.25. The summed E-state index contributed by atoms with van der Waals surface area (Å²) >= 11 is 1.66. The van der Waals surface area contributed by atoms with Gasteiger partial charge in [-0.2, -0.15) is 0 Å². The highest BCUT2D eigenvalue weighted by molar-refractivity contribution is 7.18. The molecule has 0 aliphatic carbocycles. The van der Waals surface area contributed by atoms with Gasteiger partial charge in [0.15, 0.2) is 0 Å². The minimum absolute atomic E-state index is 0.0514. The first-order chi connectivity index (χ1) is 14.2. The number of nitrogens with zero attached hydrogens (tertiary/aromatic N) is 5. The number of benzene rings is 1. The maximum absolute atomic E-state index is 13.2. The monoisotopic (exact) mass is 409 g/mol. The molecule has 150 valence electrons. The van der Waals surface area contributed by atoms with Crippen LogP contribution in [0.4, 0.5) is 5.95 Å². The number of amides is 1. The normalized spacial score (nSPS) is 16.9. The van der Waals surface area contributed by atoms with Gasteiger partial charge in [-0.1, -0.05) is 6.92 Å². The standard InChI is InChI=1S/C21H23N5O2S/c1-2-19-23-16-4-3-14(11-18(16)29-19)20(27)26-6-5-15-12-22-21(24-17(15)13-26)25-7-9-28-10-8-25/h3-4,11-12H,2,5-10,13H2,1H3. The number of aromatic nitrogens is 3. The Morgan fingerprint density at radius 2 is 2.07 bits per heavy atom. The van der Waals surface area contributed by atoms with Gasteiger partial charge in [-0.15, -0.1) is 11.3 Å². The van der Waals surface area contributed by atoms with Crippen LogP contribution in [0.1, 0.15) is 33.5 Å². The van der Waals surface area contributed by atoms with E-state index in [-0.39, 0.29) is 5.91 Å². The van der Waals surface area contributed by atoms with Crippen LogP contribution < -0.4 is 4.90 Å². The van der Waals surface area contributed by atoms with E-state index in [0.717, 1.165) is 63.9 Å². The number of thiazole rings is 1. The Kier molecular flexibility index (Phi) is 4.89. The van der Waals surface area contributed by atoms with E-state index >= 15 is 0 Å². The molecule has 0 radical (unpaired) electrons. The summed E-state index contributed by atoms with van der Waals surface area (Å²) in [7, 11) is 0. The zero-order valence-electron chi connectivity index (χ0n) is 16.4. The Morgan fingerprint density at radius 1 is 1.21 bits per heavy atom. The summed E-state index contributed by atoms with van der Waals surface area (Å²) in [6, 6.07) is 5.82. The van der Waals surface area contributed by atoms with E-state index in [0.29, 0.717) is 26.3 Å². The Morgan fingerprint density at radius 3 is 2.90 bits per heavy atom. The number of aryl methyl sites for hydroxylation is 1. The number of rotatable bonds is 3. The summed E-state index contributed by atoms with van der Waals surface area (Å²) in [5.74, 6) is 0.787. The molecule has 0 unspecified atom stereocenters. The van der Waals surface area contributed by atoms with E-state index in [1.807, 2.05) is 29.3 Å². The maximum Gasteiger partial charge on any atom is 0.254 e. The fraction of sp³-hybridized carbons (Fsp3) is 0.429. The molecule has 0 atom stereocenters. The zero-order valence-corrected chi connectivity index (χ0v) is 17.2. The van der Waals surface area contributed by atoms with Crippen LogP contribution in [0.15, 0.2) is 24.4 Å². The number of hydrogen-bond donors (Lipinski definition) is 0. The van der Waals surface area contributed by atoms with Crippen molar-refractivity contribution in [2.75, 3.05) is 37.7 Å². The first kappa shape index (κ1) is 18.4. The van der Waals surface area contributed by atoms with Gasteiger partial charge in [0.05, 0.1) is 40.7 Å². The van der Waals surface area contributed by atoms with Crippen LogP contribution in [0.5, 0.6) is 0 Å². The molecule has 0 saturated carbocycles. The average Bonchev–Trinajstić information content (AvgIpc) is 3.21. The molecule has 3 aromatic rings. The second kappa shape index (κ2) is 7.68. The summed E-state index contributed by atoms with van der Waals surface area (Å²) in [6.45, 7) is 6.31. The Labute approximate surface area is 173 Å². The lowest BCUT2D eigenvalue weighted by Gasteiger charge is -2.30. The molecule has 2 aliphatic heterocycles. The molecule has 1 amide bonds. The molecule has 1 fully saturated rings. The molecule has 1 aromatic carbocycles. The van der Waals surface area contributed by atoms with Gasteiger partial charge in [-0.25, -0.2) is 15.0 Å². The summed E-state index contributed by atoms with van der Waals surface area (Å²) in [5, 5.41) is 1.10. The number of morpholine rings is 1. The summed E-state index contributed by atoms with van der Waals surface area (Å²) in [4.78, 5) is 31.1. The fourth-order valence-electron chi connectivity index (χ4n) is 3.82. The van der Waals surface area contributed by atoms with Crippen LogP contribution in [-0.4, -0.2) is 58.6 Å². The predicted molar refractivity (Wildman–Crippen MR) is 113 cm³/mol. The van der Waals surface area contributed by atoms with Crippen LogP contribution in [0.2, 0.25) is 0 Å². The molecular weight excluding hydrogens is 386 g/mol. The summed E-state index contributed by atoms with van der Waals surface area (Å²) in [5.41, 5.74) is 3.77. The van der Waals surface area contributed by atoms with Crippen molar-refractivity contribution in [2.24, 2.45) is 0 Å². The topological polar surface area (TPSA) is 71.5 Å². The first-order valence-electron chi connectivity index (χ1n) is 10.1. The quantitative estimate of drug-likeness (QED) is 0.662. The molecule has 0 N–H and O–H groups in total. The first-order valence-corrected chi connectivity index (χ1v) is 10.9. The van der Waals surface area contributed by atoms with Gasteiger partial charge in [-0.05, 0) is 36.6 Å². The van der Waals surface area contributed by atoms with E-state index in [1.54, 1.807) is 11.3 Å². The van der Waals surface area contributed by atoms with Crippen LogP contribution in [0.3, 0.4) is 0 Å². The van der Waals surface area contributed by atoms with E-state index in [2.05, 4.69) is 21.8 Å². The molecular formula is C21H23N5O2S. The van der Waals surface area contributed by atoms with Crippen LogP contribution >= 0.6 is 11.3 Å². The van der Waals surface area contributed by atoms with Crippen molar-refractivity contribution in [1.29, 1.82) is 0 Å². The molecule has 2 aromatic heterocycles. The van der Waals surface area contributed by atoms with Gasteiger partial charge in [0, 0.05) is 31.4 Å². The molecule has 29 heavy (non-hydrogen) atoms. The molecule has 5 rings (SSSR count). The van der Waals surface area contributed by atoms with Gasteiger partial charge in [0.1, 0.15) is 0 Å². The van der Waals surface area contributed by atoms with Gasteiger partial charge >= 0.3 is 0 Å². The van der Waals surface area contributed by atoms with Crippen molar-refractivity contribution in [1.82, 2.24) is 19.9 Å². The van der Waals surface area contributed by atoms with Crippen molar-refractivity contribution in [3.63, 3.8) is 0 Å².